The van der Waals surface area contributed by atoms with Crippen molar-refractivity contribution in [3.05, 3.63) is 59.4 Å². The molecule has 94 valence electrons. The molecule has 0 saturated carbocycles. The van der Waals surface area contributed by atoms with Crippen LogP contribution in [0.3, 0.4) is 0 Å². The van der Waals surface area contributed by atoms with Crippen molar-refractivity contribution in [3.8, 4) is 5.75 Å². The SMILES string of the molecule is Oc1ccc(NCc2cc(F)ccc2F)cc1F. The van der Waals surface area contributed by atoms with Gasteiger partial charge in [-0.1, -0.05) is 0 Å². The molecule has 0 spiro atoms. The van der Waals surface area contributed by atoms with Gasteiger partial charge in [0.25, 0.3) is 0 Å². The summed E-state index contributed by atoms with van der Waals surface area (Å²) < 4.78 is 39.2. The lowest BCUT2D eigenvalue weighted by Gasteiger charge is -2.08. The smallest absolute Gasteiger partial charge is 0.166 e. The number of benzene rings is 2. The molecule has 2 N–H and O–H groups in total. The first-order chi connectivity index (χ1) is 8.56. The van der Waals surface area contributed by atoms with Crippen molar-refractivity contribution in [2.75, 3.05) is 5.32 Å². The van der Waals surface area contributed by atoms with Gasteiger partial charge in [0.2, 0.25) is 0 Å². The Morgan fingerprint density at radius 1 is 0.944 bits per heavy atom. The van der Waals surface area contributed by atoms with Gasteiger partial charge in [0.15, 0.2) is 11.6 Å². The quantitative estimate of drug-likeness (QED) is 0.821. The van der Waals surface area contributed by atoms with E-state index in [0.29, 0.717) is 5.69 Å². The molecule has 0 fully saturated rings. The van der Waals surface area contributed by atoms with Crippen LogP contribution in [0.4, 0.5) is 18.9 Å². The molecule has 0 unspecified atom stereocenters. The van der Waals surface area contributed by atoms with Gasteiger partial charge in [0.05, 0.1) is 0 Å². The molecule has 0 aliphatic heterocycles. The number of hydrogen-bond acceptors (Lipinski definition) is 2. The number of phenolic OH excluding ortho intramolecular Hbond substituents is 1. The minimum atomic E-state index is -0.778. The summed E-state index contributed by atoms with van der Waals surface area (Å²) in [7, 11) is 0. The van der Waals surface area contributed by atoms with Gasteiger partial charge >= 0.3 is 0 Å². The third kappa shape index (κ3) is 2.74. The maximum absolute atomic E-state index is 13.3. The Morgan fingerprint density at radius 2 is 1.72 bits per heavy atom. The van der Waals surface area contributed by atoms with Crippen LogP contribution in [-0.4, -0.2) is 5.11 Å². The average Bonchev–Trinajstić information content (AvgIpc) is 2.34. The topological polar surface area (TPSA) is 32.3 Å². The van der Waals surface area contributed by atoms with E-state index in [0.717, 1.165) is 24.3 Å². The van der Waals surface area contributed by atoms with Gasteiger partial charge in [0.1, 0.15) is 11.6 Å². The van der Waals surface area contributed by atoms with Crippen LogP contribution in [0.2, 0.25) is 0 Å². The largest absolute Gasteiger partial charge is 0.505 e. The van der Waals surface area contributed by atoms with Crippen LogP contribution in [0.5, 0.6) is 5.75 Å². The number of nitrogens with one attached hydrogen (secondary N) is 1. The molecule has 0 aromatic heterocycles. The molecule has 0 bridgehead atoms. The third-order valence-corrected chi connectivity index (χ3v) is 2.44. The number of aromatic hydroxyl groups is 1. The van der Waals surface area contributed by atoms with E-state index in [1.54, 1.807) is 0 Å². The monoisotopic (exact) mass is 253 g/mol. The van der Waals surface area contributed by atoms with E-state index in [4.69, 9.17) is 5.11 Å². The summed E-state index contributed by atoms with van der Waals surface area (Å²) in [5, 5.41) is 11.7. The Hall–Kier alpha value is -2.17. The average molecular weight is 253 g/mol. The number of halogens is 3. The summed E-state index contributed by atoms with van der Waals surface area (Å²) in [4.78, 5) is 0. The zero-order chi connectivity index (χ0) is 13.1. The minimum absolute atomic E-state index is 0.0216. The highest BCUT2D eigenvalue weighted by molar-refractivity contribution is 5.47. The molecule has 0 aliphatic rings. The van der Waals surface area contributed by atoms with Crippen molar-refractivity contribution in [1.82, 2.24) is 0 Å². The van der Waals surface area contributed by atoms with Crippen LogP contribution in [-0.2, 0) is 6.54 Å². The molecule has 0 atom stereocenters. The van der Waals surface area contributed by atoms with Crippen LogP contribution < -0.4 is 5.32 Å². The fourth-order valence-corrected chi connectivity index (χ4v) is 1.49. The van der Waals surface area contributed by atoms with Gasteiger partial charge in [-0.25, -0.2) is 13.2 Å². The Kier molecular flexibility index (Phi) is 3.41. The molecule has 0 amide bonds. The maximum Gasteiger partial charge on any atom is 0.166 e. The zero-order valence-electron chi connectivity index (χ0n) is 9.25. The third-order valence-electron chi connectivity index (χ3n) is 2.44. The summed E-state index contributed by atoms with van der Waals surface area (Å²) >= 11 is 0. The van der Waals surface area contributed by atoms with Crippen molar-refractivity contribution in [2.24, 2.45) is 0 Å². The van der Waals surface area contributed by atoms with E-state index in [2.05, 4.69) is 5.32 Å². The molecule has 2 aromatic carbocycles. The minimum Gasteiger partial charge on any atom is -0.505 e. The van der Waals surface area contributed by atoms with Gasteiger partial charge in [-0.05, 0) is 30.3 Å². The van der Waals surface area contributed by atoms with E-state index in [1.165, 1.54) is 12.1 Å². The van der Waals surface area contributed by atoms with E-state index in [-0.39, 0.29) is 12.1 Å². The van der Waals surface area contributed by atoms with Gasteiger partial charge in [-0.3, -0.25) is 0 Å². The highest BCUT2D eigenvalue weighted by Crippen LogP contribution is 2.20. The molecule has 0 aliphatic carbocycles. The number of phenols is 1. The second-order valence-corrected chi connectivity index (χ2v) is 3.76. The van der Waals surface area contributed by atoms with Crippen LogP contribution in [0.15, 0.2) is 36.4 Å². The summed E-state index contributed by atoms with van der Waals surface area (Å²) in [6.45, 7) is 0.0216. The standard InChI is InChI=1S/C13H10F3NO/c14-9-1-3-11(15)8(5-9)7-17-10-2-4-13(18)12(16)6-10/h1-6,17-18H,7H2. The van der Waals surface area contributed by atoms with Crippen molar-refractivity contribution in [2.45, 2.75) is 6.54 Å². The molecule has 5 heteroatoms. The number of anilines is 1. The lowest BCUT2D eigenvalue weighted by Crippen LogP contribution is -2.02. The molecule has 2 rings (SSSR count). The molecular formula is C13H10F3NO. The summed E-state index contributed by atoms with van der Waals surface area (Å²) in [6.07, 6.45) is 0. The Morgan fingerprint density at radius 3 is 2.44 bits per heavy atom. The Labute approximate surface area is 102 Å². The van der Waals surface area contributed by atoms with E-state index in [9.17, 15) is 13.2 Å². The highest BCUT2D eigenvalue weighted by atomic mass is 19.1. The fraction of sp³-hybridized carbons (Fsp3) is 0.0769. The normalized spacial score (nSPS) is 10.4. The van der Waals surface area contributed by atoms with Gasteiger partial charge in [-0.15, -0.1) is 0 Å². The highest BCUT2D eigenvalue weighted by Gasteiger charge is 2.05. The van der Waals surface area contributed by atoms with Crippen LogP contribution >= 0.6 is 0 Å². The van der Waals surface area contributed by atoms with Gasteiger partial charge < -0.3 is 10.4 Å². The second kappa shape index (κ2) is 5.00. The van der Waals surface area contributed by atoms with Crippen molar-refractivity contribution in [1.29, 1.82) is 0 Å². The van der Waals surface area contributed by atoms with Crippen molar-refractivity contribution < 1.29 is 18.3 Å². The summed E-state index contributed by atoms with van der Waals surface area (Å²) in [5.41, 5.74) is 0.512. The predicted molar refractivity (Wildman–Crippen MR) is 61.7 cm³/mol. The zero-order valence-corrected chi connectivity index (χ0v) is 9.25. The Balaban J connectivity index is 2.11. The first kappa shape index (κ1) is 12.3. The summed E-state index contributed by atoms with van der Waals surface area (Å²) in [5.74, 6) is -2.31. The lowest BCUT2D eigenvalue weighted by molar-refractivity contribution is 0.432. The van der Waals surface area contributed by atoms with Crippen LogP contribution in [0, 0.1) is 17.5 Å². The predicted octanol–water partition coefficient (Wildman–Crippen LogP) is 3.42. The van der Waals surface area contributed by atoms with Crippen LogP contribution in [0.25, 0.3) is 0 Å². The van der Waals surface area contributed by atoms with E-state index >= 15 is 0 Å². The molecular weight excluding hydrogens is 243 g/mol. The van der Waals surface area contributed by atoms with Gasteiger partial charge in [0, 0.05) is 23.9 Å². The van der Waals surface area contributed by atoms with E-state index < -0.39 is 23.2 Å². The lowest BCUT2D eigenvalue weighted by atomic mass is 10.2. The molecule has 2 nitrogen and oxygen atoms in total. The van der Waals surface area contributed by atoms with Crippen molar-refractivity contribution in [3.63, 3.8) is 0 Å². The second-order valence-electron chi connectivity index (χ2n) is 3.76. The first-order valence-corrected chi connectivity index (χ1v) is 5.22. The van der Waals surface area contributed by atoms with Gasteiger partial charge in [-0.2, -0.15) is 0 Å². The molecule has 0 saturated heterocycles. The molecule has 18 heavy (non-hydrogen) atoms. The molecule has 0 heterocycles. The number of rotatable bonds is 3. The fourth-order valence-electron chi connectivity index (χ4n) is 1.49. The number of hydrogen-bond donors (Lipinski definition) is 2. The maximum atomic E-state index is 13.3. The van der Waals surface area contributed by atoms with Crippen LogP contribution in [0.1, 0.15) is 5.56 Å². The van der Waals surface area contributed by atoms with E-state index in [1.807, 2.05) is 0 Å². The molecule has 0 radical (unpaired) electrons. The van der Waals surface area contributed by atoms with Crippen molar-refractivity contribution >= 4 is 5.69 Å². The first-order valence-electron chi connectivity index (χ1n) is 5.22. The Bertz CT molecular complexity index is 572. The molecule has 2 aromatic rings. The summed E-state index contributed by atoms with van der Waals surface area (Å²) in [6, 6.07) is 6.82.